The Morgan fingerprint density at radius 1 is 1.10 bits per heavy atom. The lowest BCUT2D eigenvalue weighted by molar-refractivity contribution is -0.137. The molecule has 2 aromatic carbocycles. The molecule has 3 aromatic rings. The summed E-state index contributed by atoms with van der Waals surface area (Å²) in [6.07, 6.45) is -1.32. The van der Waals surface area contributed by atoms with E-state index in [2.05, 4.69) is 9.97 Å². The highest BCUT2D eigenvalue weighted by atomic mass is 32.2. The Labute approximate surface area is 177 Å². The second-order valence-electron chi connectivity index (χ2n) is 6.44. The molecule has 2 heterocycles. The predicted molar refractivity (Wildman–Crippen MR) is 108 cm³/mol. The highest BCUT2D eigenvalue weighted by molar-refractivity contribution is 7.99. The van der Waals surface area contributed by atoms with Crippen molar-refractivity contribution in [2.24, 2.45) is 0 Å². The summed E-state index contributed by atoms with van der Waals surface area (Å²) >= 11 is 1.21. The van der Waals surface area contributed by atoms with Gasteiger partial charge in [-0.15, -0.1) is 0 Å². The standard InChI is InChI=1S/C20H16F3N3O2S2/c1-26-10-11-28-16-7-2-13(12-17(16)30(26)27)18-19(25-9-8-24-18)29-15-5-3-14(4-6-15)20(21,22)23/h2-9,12H,10-11H2,1H3. The molecule has 4 rings (SSSR count). The number of fused-ring (bicyclic) bond motifs is 1. The van der Waals surface area contributed by atoms with E-state index in [1.165, 1.54) is 36.3 Å². The van der Waals surface area contributed by atoms with Gasteiger partial charge in [0.05, 0.1) is 10.5 Å². The Balaban J connectivity index is 1.67. The van der Waals surface area contributed by atoms with E-state index in [0.717, 1.165) is 12.1 Å². The molecule has 10 heteroatoms. The van der Waals surface area contributed by atoms with Gasteiger partial charge in [-0.3, -0.25) is 4.98 Å². The lowest BCUT2D eigenvalue weighted by Gasteiger charge is -2.13. The molecule has 0 bridgehead atoms. The molecule has 0 amide bonds. The van der Waals surface area contributed by atoms with E-state index in [-0.39, 0.29) is 0 Å². The van der Waals surface area contributed by atoms with Gasteiger partial charge in [-0.2, -0.15) is 13.2 Å². The largest absolute Gasteiger partial charge is 0.491 e. The van der Waals surface area contributed by atoms with Gasteiger partial charge in [0.15, 0.2) is 0 Å². The topological polar surface area (TPSA) is 55.3 Å². The Kier molecular flexibility index (Phi) is 5.81. The number of likely N-dealkylation sites (N-methyl/N-ethyl adjacent to an activating group) is 1. The van der Waals surface area contributed by atoms with E-state index in [1.807, 2.05) is 6.07 Å². The molecular formula is C20H16F3N3O2S2. The molecule has 0 saturated carbocycles. The molecule has 1 aliphatic heterocycles. The second kappa shape index (κ2) is 8.37. The van der Waals surface area contributed by atoms with Crippen LogP contribution in [-0.2, 0) is 17.2 Å². The van der Waals surface area contributed by atoms with Gasteiger partial charge in [0, 0.05) is 36.4 Å². The zero-order valence-corrected chi connectivity index (χ0v) is 17.4. The van der Waals surface area contributed by atoms with E-state index in [4.69, 9.17) is 4.74 Å². The summed E-state index contributed by atoms with van der Waals surface area (Å²) < 4.78 is 58.5. The SMILES string of the molecule is CN1CCOc2ccc(-c3nccnc3Sc3ccc(C(F)(F)F)cc3)cc2S1=O. The van der Waals surface area contributed by atoms with Crippen molar-refractivity contribution in [3.05, 3.63) is 60.4 Å². The van der Waals surface area contributed by atoms with Crippen LogP contribution in [0.25, 0.3) is 11.3 Å². The Morgan fingerprint density at radius 3 is 2.57 bits per heavy atom. The monoisotopic (exact) mass is 451 g/mol. The molecule has 1 aromatic heterocycles. The van der Waals surface area contributed by atoms with E-state index < -0.39 is 22.7 Å². The average Bonchev–Trinajstić information content (AvgIpc) is 2.87. The van der Waals surface area contributed by atoms with Gasteiger partial charge < -0.3 is 4.74 Å². The molecule has 156 valence electrons. The quantitative estimate of drug-likeness (QED) is 0.580. The van der Waals surface area contributed by atoms with Crippen LogP contribution in [-0.4, -0.2) is 38.7 Å². The van der Waals surface area contributed by atoms with Gasteiger partial charge in [0.25, 0.3) is 0 Å². The summed E-state index contributed by atoms with van der Waals surface area (Å²) in [5, 5.41) is 0.533. The molecule has 5 nitrogen and oxygen atoms in total. The summed E-state index contributed by atoms with van der Waals surface area (Å²) in [5.41, 5.74) is 0.543. The van der Waals surface area contributed by atoms with Gasteiger partial charge in [-0.25, -0.2) is 13.5 Å². The molecule has 0 aliphatic carbocycles. The molecule has 0 radical (unpaired) electrons. The van der Waals surface area contributed by atoms with Crippen LogP contribution in [0, 0.1) is 0 Å². The van der Waals surface area contributed by atoms with E-state index in [1.54, 1.807) is 23.5 Å². The highest BCUT2D eigenvalue weighted by Crippen LogP contribution is 2.37. The third kappa shape index (κ3) is 4.35. The first kappa shape index (κ1) is 20.8. The number of ether oxygens (including phenoxy) is 1. The van der Waals surface area contributed by atoms with Gasteiger partial charge in [0.2, 0.25) is 0 Å². The van der Waals surface area contributed by atoms with Gasteiger partial charge in [-0.05, 0) is 42.5 Å². The fraction of sp³-hybridized carbons (Fsp3) is 0.200. The molecule has 1 atom stereocenters. The summed E-state index contributed by atoms with van der Waals surface area (Å²) in [7, 11) is 0.389. The minimum atomic E-state index is -4.38. The van der Waals surface area contributed by atoms with Crippen LogP contribution in [0.4, 0.5) is 13.2 Å². The maximum absolute atomic E-state index is 12.8. The maximum Gasteiger partial charge on any atom is 0.416 e. The van der Waals surface area contributed by atoms with Crippen LogP contribution >= 0.6 is 11.8 Å². The van der Waals surface area contributed by atoms with Crippen molar-refractivity contribution in [1.82, 2.24) is 14.3 Å². The van der Waals surface area contributed by atoms with Crippen molar-refractivity contribution in [2.75, 3.05) is 20.2 Å². The molecule has 0 fully saturated rings. The van der Waals surface area contributed by atoms with Crippen molar-refractivity contribution in [2.45, 2.75) is 21.0 Å². The van der Waals surface area contributed by atoms with E-state index in [0.29, 0.717) is 45.0 Å². The zero-order valence-electron chi connectivity index (χ0n) is 15.7. The Morgan fingerprint density at radius 2 is 1.83 bits per heavy atom. The molecule has 0 saturated heterocycles. The van der Waals surface area contributed by atoms with Gasteiger partial charge >= 0.3 is 6.18 Å². The number of hydrogen-bond donors (Lipinski definition) is 0. The molecule has 0 N–H and O–H groups in total. The lowest BCUT2D eigenvalue weighted by atomic mass is 10.1. The first-order valence-corrected chi connectivity index (χ1v) is 10.8. The summed E-state index contributed by atoms with van der Waals surface area (Å²) in [5.74, 6) is 0.558. The van der Waals surface area contributed by atoms with E-state index in [9.17, 15) is 17.4 Å². The maximum atomic E-state index is 12.8. The summed E-state index contributed by atoms with van der Waals surface area (Å²) in [4.78, 5) is 9.90. The van der Waals surface area contributed by atoms with Crippen LogP contribution in [0.3, 0.4) is 0 Å². The number of aromatic nitrogens is 2. The summed E-state index contributed by atoms with van der Waals surface area (Å²) in [6.45, 7) is 0.978. The second-order valence-corrected chi connectivity index (χ2v) is 9.07. The Bertz CT molecular complexity index is 1090. The predicted octanol–water partition coefficient (Wildman–Crippen LogP) is 4.66. The number of halogens is 3. The van der Waals surface area contributed by atoms with Crippen molar-refractivity contribution in [3.8, 4) is 17.0 Å². The zero-order chi connectivity index (χ0) is 21.3. The third-order valence-corrected chi connectivity index (χ3v) is 6.86. The number of rotatable bonds is 3. The molecular weight excluding hydrogens is 435 g/mol. The first-order valence-electron chi connectivity index (χ1n) is 8.89. The molecule has 0 spiro atoms. The normalized spacial score (nSPS) is 17.1. The number of hydrogen-bond acceptors (Lipinski definition) is 5. The van der Waals surface area contributed by atoms with Crippen LogP contribution in [0.5, 0.6) is 5.75 Å². The van der Waals surface area contributed by atoms with Gasteiger partial charge in [-0.1, -0.05) is 11.8 Å². The van der Waals surface area contributed by atoms with Crippen LogP contribution in [0.1, 0.15) is 5.56 Å². The average molecular weight is 451 g/mol. The minimum absolute atomic E-state index is 0.439. The number of nitrogens with zero attached hydrogens (tertiary/aromatic N) is 3. The van der Waals surface area contributed by atoms with Gasteiger partial charge in [0.1, 0.15) is 34.1 Å². The third-order valence-electron chi connectivity index (χ3n) is 4.41. The molecule has 30 heavy (non-hydrogen) atoms. The van der Waals surface area contributed by atoms with Crippen molar-refractivity contribution in [3.63, 3.8) is 0 Å². The Hall–Kier alpha value is -2.43. The van der Waals surface area contributed by atoms with Crippen LogP contribution in [0.2, 0.25) is 0 Å². The lowest BCUT2D eigenvalue weighted by Crippen LogP contribution is -2.23. The summed E-state index contributed by atoms with van der Waals surface area (Å²) in [6, 6.07) is 10.2. The van der Waals surface area contributed by atoms with Crippen LogP contribution in [0.15, 0.2) is 69.7 Å². The van der Waals surface area contributed by atoms with Crippen molar-refractivity contribution >= 4 is 22.7 Å². The van der Waals surface area contributed by atoms with E-state index >= 15 is 0 Å². The van der Waals surface area contributed by atoms with Crippen molar-refractivity contribution < 1.29 is 22.1 Å². The smallest absolute Gasteiger partial charge is 0.416 e. The van der Waals surface area contributed by atoms with Crippen molar-refractivity contribution in [1.29, 1.82) is 0 Å². The van der Waals surface area contributed by atoms with Crippen LogP contribution < -0.4 is 4.74 Å². The fourth-order valence-corrected chi connectivity index (χ4v) is 4.85. The molecule has 1 aliphatic rings. The number of benzene rings is 2. The minimum Gasteiger partial charge on any atom is -0.491 e. The fourth-order valence-electron chi connectivity index (χ4n) is 2.87. The highest BCUT2D eigenvalue weighted by Gasteiger charge is 2.30. The first-order chi connectivity index (χ1) is 14.3. The molecule has 1 unspecified atom stereocenters. The number of alkyl halides is 3.